The van der Waals surface area contributed by atoms with Crippen molar-refractivity contribution >= 4 is 0 Å². The van der Waals surface area contributed by atoms with E-state index in [1.807, 2.05) is 0 Å². The van der Waals surface area contributed by atoms with E-state index in [0.717, 1.165) is 0 Å². The van der Waals surface area contributed by atoms with E-state index in [0.29, 0.717) is 5.56 Å². The van der Waals surface area contributed by atoms with E-state index in [4.69, 9.17) is 0 Å². The second-order valence-corrected chi connectivity index (χ2v) is 5.08. The number of benzene rings is 1. The highest BCUT2D eigenvalue weighted by molar-refractivity contribution is 5.26. The summed E-state index contributed by atoms with van der Waals surface area (Å²) in [5.74, 6) is -0.432. The maximum Gasteiger partial charge on any atom is 0.389 e. The lowest BCUT2D eigenvalue weighted by atomic mass is 9.85. The number of aliphatic hydroxyl groups excluding tert-OH is 1. The minimum Gasteiger partial charge on any atom is -0.382 e. The van der Waals surface area contributed by atoms with E-state index in [2.05, 4.69) is 0 Å². The molecule has 3 nitrogen and oxygen atoms in total. The van der Waals surface area contributed by atoms with Gasteiger partial charge < -0.3 is 10.2 Å². The molecule has 0 saturated carbocycles. The first-order valence-electron chi connectivity index (χ1n) is 6.17. The van der Waals surface area contributed by atoms with Crippen LogP contribution in [0.25, 0.3) is 0 Å². The first-order valence-corrected chi connectivity index (χ1v) is 6.17. The highest BCUT2D eigenvalue weighted by Crippen LogP contribution is 2.34. The van der Waals surface area contributed by atoms with Gasteiger partial charge in [0, 0.05) is 19.5 Å². The van der Waals surface area contributed by atoms with Crippen LogP contribution in [-0.4, -0.2) is 40.6 Å². The molecule has 1 fully saturated rings. The molecule has 0 radical (unpaired) electrons. The van der Waals surface area contributed by atoms with Gasteiger partial charge in [0.2, 0.25) is 0 Å². The van der Waals surface area contributed by atoms with Gasteiger partial charge in [-0.25, -0.2) is 4.39 Å². The number of likely N-dealkylation sites (tertiary alicyclic amines) is 1. The van der Waals surface area contributed by atoms with Crippen LogP contribution in [0.2, 0.25) is 0 Å². The van der Waals surface area contributed by atoms with Crippen LogP contribution in [-0.2, 0) is 5.60 Å². The van der Waals surface area contributed by atoms with Crippen molar-refractivity contribution in [3.05, 3.63) is 35.6 Å². The Kier molecular flexibility index (Phi) is 4.04. The summed E-state index contributed by atoms with van der Waals surface area (Å²) >= 11 is 0. The molecule has 0 amide bonds. The minimum atomic E-state index is -4.31. The van der Waals surface area contributed by atoms with Crippen molar-refractivity contribution in [3.8, 4) is 0 Å². The minimum absolute atomic E-state index is 0.0255. The number of hydrogen-bond donors (Lipinski definition) is 2. The third kappa shape index (κ3) is 3.47. The van der Waals surface area contributed by atoms with Crippen molar-refractivity contribution < 1.29 is 27.8 Å². The molecule has 1 aromatic rings. The molecule has 0 bridgehead atoms. The van der Waals surface area contributed by atoms with Crippen LogP contribution in [0.3, 0.4) is 0 Å². The smallest absolute Gasteiger partial charge is 0.382 e. The van der Waals surface area contributed by atoms with Crippen molar-refractivity contribution in [1.29, 1.82) is 0 Å². The van der Waals surface area contributed by atoms with Gasteiger partial charge in [-0.15, -0.1) is 0 Å². The fraction of sp³-hybridized carbons (Fsp3) is 0.538. The Balaban J connectivity index is 1.88. The van der Waals surface area contributed by atoms with Gasteiger partial charge in [0.15, 0.2) is 0 Å². The average molecular weight is 293 g/mol. The van der Waals surface area contributed by atoms with E-state index in [9.17, 15) is 27.8 Å². The molecular weight excluding hydrogens is 278 g/mol. The van der Waals surface area contributed by atoms with Gasteiger partial charge in [-0.05, 0) is 24.1 Å². The van der Waals surface area contributed by atoms with Crippen LogP contribution in [0.1, 0.15) is 18.4 Å². The van der Waals surface area contributed by atoms with Gasteiger partial charge in [-0.2, -0.15) is 13.2 Å². The van der Waals surface area contributed by atoms with Gasteiger partial charge in [0.1, 0.15) is 17.6 Å². The van der Waals surface area contributed by atoms with Crippen LogP contribution in [0.4, 0.5) is 17.6 Å². The number of rotatable bonds is 4. The largest absolute Gasteiger partial charge is 0.389 e. The van der Waals surface area contributed by atoms with Crippen molar-refractivity contribution in [1.82, 2.24) is 4.90 Å². The molecule has 0 spiro atoms. The number of hydrogen-bond acceptors (Lipinski definition) is 3. The maximum absolute atomic E-state index is 12.8. The molecule has 1 aliphatic heterocycles. The molecule has 20 heavy (non-hydrogen) atoms. The monoisotopic (exact) mass is 293 g/mol. The van der Waals surface area contributed by atoms with Crippen LogP contribution in [0.15, 0.2) is 24.3 Å². The first kappa shape index (κ1) is 15.2. The van der Waals surface area contributed by atoms with Crippen LogP contribution >= 0.6 is 0 Å². The van der Waals surface area contributed by atoms with Crippen molar-refractivity contribution in [2.24, 2.45) is 0 Å². The Morgan fingerprint density at radius 3 is 2.25 bits per heavy atom. The highest BCUT2D eigenvalue weighted by Gasteiger charge is 2.45. The Morgan fingerprint density at radius 1 is 1.20 bits per heavy atom. The summed E-state index contributed by atoms with van der Waals surface area (Å²) < 4.78 is 48.9. The van der Waals surface area contributed by atoms with Gasteiger partial charge in [-0.3, -0.25) is 4.90 Å². The molecule has 1 atom stereocenters. The summed E-state index contributed by atoms with van der Waals surface area (Å²) in [7, 11) is 0. The number of nitrogens with zero attached hydrogens (tertiary/aromatic N) is 1. The molecular formula is C13H15F4NO2. The molecule has 7 heteroatoms. The Morgan fingerprint density at radius 2 is 1.75 bits per heavy atom. The van der Waals surface area contributed by atoms with E-state index < -0.39 is 36.7 Å². The Bertz CT molecular complexity index is 454. The third-order valence-corrected chi connectivity index (χ3v) is 3.42. The lowest BCUT2D eigenvalue weighted by Gasteiger charge is -2.49. The lowest BCUT2D eigenvalue weighted by molar-refractivity contribution is -0.183. The highest BCUT2D eigenvalue weighted by atomic mass is 19.4. The predicted octanol–water partition coefficient (Wildman–Crippen LogP) is 1.99. The fourth-order valence-electron chi connectivity index (χ4n) is 2.25. The summed E-state index contributed by atoms with van der Waals surface area (Å²) in [5, 5.41) is 19.8. The molecule has 1 aromatic carbocycles. The van der Waals surface area contributed by atoms with Crippen molar-refractivity contribution in [2.45, 2.75) is 30.8 Å². The zero-order valence-corrected chi connectivity index (χ0v) is 10.6. The molecule has 0 aliphatic carbocycles. The predicted molar refractivity (Wildman–Crippen MR) is 63.2 cm³/mol. The fourth-order valence-corrected chi connectivity index (χ4v) is 2.25. The zero-order chi connectivity index (χ0) is 15.0. The van der Waals surface area contributed by atoms with Gasteiger partial charge in [0.25, 0.3) is 0 Å². The van der Waals surface area contributed by atoms with E-state index in [1.54, 1.807) is 0 Å². The first-order chi connectivity index (χ1) is 9.20. The average Bonchev–Trinajstić information content (AvgIpc) is 2.32. The number of aliphatic hydroxyl groups is 2. The summed E-state index contributed by atoms with van der Waals surface area (Å²) in [5.41, 5.74) is -0.759. The SMILES string of the molecule is OC(CCC(F)(F)F)N1CC(O)(c2ccc(F)cc2)C1. The van der Waals surface area contributed by atoms with Crippen LogP contribution < -0.4 is 0 Å². The normalized spacial score (nSPS) is 20.5. The third-order valence-electron chi connectivity index (χ3n) is 3.42. The molecule has 1 saturated heterocycles. The quantitative estimate of drug-likeness (QED) is 0.834. The molecule has 1 aliphatic rings. The zero-order valence-electron chi connectivity index (χ0n) is 10.6. The molecule has 112 valence electrons. The van der Waals surface area contributed by atoms with Gasteiger partial charge >= 0.3 is 6.18 Å². The Hall–Kier alpha value is -1.18. The van der Waals surface area contributed by atoms with Crippen molar-refractivity contribution in [3.63, 3.8) is 0 Å². The van der Waals surface area contributed by atoms with Crippen LogP contribution in [0.5, 0.6) is 0 Å². The second kappa shape index (κ2) is 5.31. The molecule has 2 N–H and O–H groups in total. The van der Waals surface area contributed by atoms with E-state index >= 15 is 0 Å². The summed E-state index contributed by atoms with van der Waals surface area (Å²) in [6.07, 6.45) is -7.04. The number of halogens is 4. The van der Waals surface area contributed by atoms with E-state index in [1.165, 1.54) is 29.2 Å². The topological polar surface area (TPSA) is 43.7 Å². The molecule has 1 unspecified atom stereocenters. The summed E-state index contributed by atoms with van der Waals surface area (Å²) in [6, 6.07) is 5.26. The van der Waals surface area contributed by atoms with Crippen LogP contribution in [0, 0.1) is 5.82 Å². The summed E-state index contributed by atoms with van der Waals surface area (Å²) in [6.45, 7) is 0.0509. The second-order valence-electron chi connectivity index (χ2n) is 5.08. The standard InChI is InChI=1S/C13H15F4NO2/c14-10-3-1-9(2-4-10)12(20)7-18(8-12)11(19)5-6-13(15,16)17/h1-4,11,19-20H,5-8H2. The molecule has 1 heterocycles. The number of alkyl halides is 3. The van der Waals surface area contributed by atoms with Gasteiger partial charge in [-0.1, -0.05) is 12.1 Å². The molecule has 2 rings (SSSR count). The Labute approximate surface area is 113 Å². The number of β-amino-alcohol motifs (C(OH)–C–C–N with tert-alkyl or cyclic N) is 1. The lowest BCUT2D eigenvalue weighted by Crippen LogP contribution is -2.62. The summed E-state index contributed by atoms with van der Waals surface area (Å²) in [4.78, 5) is 1.36. The van der Waals surface area contributed by atoms with Gasteiger partial charge in [0.05, 0.1) is 0 Å². The molecule has 0 aromatic heterocycles. The van der Waals surface area contributed by atoms with Crippen molar-refractivity contribution in [2.75, 3.05) is 13.1 Å². The van der Waals surface area contributed by atoms with E-state index in [-0.39, 0.29) is 13.1 Å². The maximum atomic E-state index is 12.8.